The zero-order valence-electron chi connectivity index (χ0n) is 12.6. The summed E-state index contributed by atoms with van der Waals surface area (Å²) in [5.41, 5.74) is 3.16. The van der Waals surface area contributed by atoms with Gasteiger partial charge in [0.15, 0.2) is 0 Å². The quantitative estimate of drug-likeness (QED) is 0.876. The Morgan fingerprint density at radius 1 is 1.05 bits per heavy atom. The van der Waals surface area contributed by atoms with E-state index in [0.717, 1.165) is 23.8 Å². The number of hydrogen-bond acceptors (Lipinski definition) is 1. The second-order valence-corrected chi connectivity index (χ2v) is 7.50. The van der Waals surface area contributed by atoms with E-state index in [2.05, 4.69) is 36.5 Å². The maximum Gasteiger partial charge on any atom is 0.0113 e. The third-order valence-corrected chi connectivity index (χ3v) is 6.28. The first-order valence-corrected chi connectivity index (χ1v) is 8.62. The molecule has 1 heteroatoms. The molecule has 2 fully saturated rings. The van der Waals surface area contributed by atoms with Gasteiger partial charge < -0.3 is 5.32 Å². The Balaban J connectivity index is 1.38. The lowest BCUT2D eigenvalue weighted by Gasteiger charge is -2.34. The van der Waals surface area contributed by atoms with E-state index in [1.807, 2.05) is 0 Å². The largest absolute Gasteiger partial charge is 0.311 e. The van der Waals surface area contributed by atoms with E-state index in [9.17, 15) is 0 Å². The fourth-order valence-corrected chi connectivity index (χ4v) is 5.24. The smallest absolute Gasteiger partial charge is 0.0113 e. The molecular formula is C19H27N. The fourth-order valence-electron chi connectivity index (χ4n) is 5.24. The molecule has 1 aromatic rings. The minimum atomic E-state index is 0.707. The summed E-state index contributed by atoms with van der Waals surface area (Å²) in [6, 6.07) is 10.4. The minimum Gasteiger partial charge on any atom is -0.311 e. The molecule has 1 N–H and O–H groups in total. The lowest BCUT2D eigenvalue weighted by molar-refractivity contribution is 0.239. The molecule has 5 unspecified atom stereocenters. The van der Waals surface area contributed by atoms with E-state index in [0.29, 0.717) is 6.04 Å². The van der Waals surface area contributed by atoms with Crippen molar-refractivity contribution in [1.82, 2.24) is 5.32 Å². The highest BCUT2D eigenvalue weighted by atomic mass is 15.0. The first-order valence-electron chi connectivity index (χ1n) is 8.62. The van der Waals surface area contributed by atoms with Gasteiger partial charge in [0.25, 0.3) is 0 Å². The van der Waals surface area contributed by atoms with Gasteiger partial charge in [0.1, 0.15) is 0 Å². The van der Waals surface area contributed by atoms with E-state index in [1.54, 1.807) is 11.1 Å². The highest BCUT2D eigenvalue weighted by Gasteiger charge is 2.42. The van der Waals surface area contributed by atoms with Gasteiger partial charge >= 0.3 is 0 Å². The van der Waals surface area contributed by atoms with Crippen LogP contribution in [0.2, 0.25) is 0 Å². The van der Waals surface area contributed by atoms with Gasteiger partial charge in [-0.05, 0) is 74.3 Å². The van der Waals surface area contributed by atoms with Crippen molar-refractivity contribution in [3.05, 3.63) is 35.4 Å². The summed E-state index contributed by atoms with van der Waals surface area (Å²) < 4.78 is 0. The molecule has 0 aliphatic heterocycles. The first-order chi connectivity index (χ1) is 9.79. The van der Waals surface area contributed by atoms with E-state index < -0.39 is 0 Å². The zero-order chi connectivity index (χ0) is 13.5. The van der Waals surface area contributed by atoms with Crippen LogP contribution in [0.25, 0.3) is 0 Å². The molecule has 4 rings (SSSR count). The standard InChI is InChI=1S/C19H27N/c1-13(19-11-14-6-7-17(19)10-14)20-18-9-8-15-4-2-3-5-16(15)12-18/h2-5,13-14,17-20H,6-12H2,1H3. The predicted octanol–water partition coefficient (Wildman–Crippen LogP) is 3.96. The van der Waals surface area contributed by atoms with Gasteiger partial charge in [-0.15, -0.1) is 0 Å². The van der Waals surface area contributed by atoms with Crippen molar-refractivity contribution in [1.29, 1.82) is 0 Å². The van der Waals surface area contributed by atoms with Gasteiger partial charge in [-0.25, -0.2) is 0 Å². The van der Waals surface area contributed by atoms with Gasteiger partial charge in [0.05, 0.1) is 0 Å². The molecular weight excluding hydrogens is 242 g/mol. The van der Waals surface area contributed by atoms with Crippen molar-refractivity contribution in [2.75, 3.05) is 0 Å². The second-order valence-electron chi connectivity index (χ2n) is 7.50. The molecule has 0 heterocycles. The second kappa shape index (κ2) is 5.18. The van der Waals surface area contributed by atoms with Gasteiger partial charge in [-0.1, -0.05) is 30.7 Å². The number of rotatable bonds is 3. The Bertz CT molecular complexity index is 480. The molecule has 2 saturated carbocycles. The summed E-state index contributed by atoms with van der Waals surface area (Å²) in [4.78, 5) is 0. The van der Waals surface area contributed by atoms with Gasteiger partial charge in [-0.2, -0.15) is 0 Å². The molecule has 0 saturated heterocycles. The Morgan fingerprint density at radius 2 is 1.90 bits per heavy atom. The predicted molar refractivity (Wildman–Crippen MR) is 83.8 cm³/mol. The molecule has 3 aliphatic rings. The summed E-state index contributed by atoms with van der Waals surface area (Å²) in [6.45, 7) is 2.45. The summed E-state index contributed by atoms with van der Waals surface area (Å²) in [5, 5.41) is 3.99. The van der Waals surface area contributed by atoms with Crippen molar-refractivity contribution in [2.24, 2.45) is 17.8 Å². The van der Waals surface area contributed by atoms with Crippen LogP contribution in [0.15, 0.2) is 24.3 Å². The number of fused-ring (bicyclic) bond motifs is 3. The molecule has 2 bridgehead atoms. The van der Waals surface area contributed by atoms with Crippen molar-refractivity contribution in [3.63, 3.8) is 0 Å². The summed E-state index contributed by atoms with van der Waals surface area (Å²) in [5.74, 6) is 3.07. The van der Waals surface area contributed by atoms with Crippen molar-refractivity contribution < 1.29 is 0 Å². The Hall–Kier alpha value is -0.820. The van der Waals surface area contributed by atoms with Gasteiger partial charge in [-0.3, -0.25) is 0 Å². The molecule has 5 atom stereocenters. The van der Waals surface area contributed by atoms with Crippen LogP contribution in [0.3, 0.4) is 0 Å². The lowest BCUT2D eigenvalue weighted by atomic mass is 9.82. The van der Waals surface area contributed by atoms with Crippen LogP contribution in [-0.2, 0) is 12.8 Å². The average Bonchev–Trinajstić information content (AvgIpc) is 3.10. The lowest BCUT2D eigenvalue weighted by Crippen LogP contribution is -2.45. The Labute approximate surface area is 123 Å². The van der Waals surface area contributed by atoms with Crippen LogP contribution in [0.1, 0.15) is 50.2 Å². The van der Waals surface area contributed by atoms with Gasteiger partial charge in [0.2, 0.25) is 0 Å². The monoisotopic (exact) mass is 269 g/mol. The minimum absolute atomic E-state index is 0.707. The number of aryl methyl sites for hydroxylation is 1. The van der Waals surface area contributed by atoms with Gasteiger partial charge in [0, 0.05) is 12.1 Å². The molecule has 0 aromatic heterocycles. The SMILES string of the molecule is CC(NC1CCc2ccccc2C1)C1CC2CCC1C2. The molecule has 0 amide bonds. The summed E-state index contributed by atoms with van der Waals surface area (Å²) >= 11 is 0. The molecule has 1 nitrogen and oxygen atoms in total. The summed E-state index contributed by atoms with van der Waals surface area (Å²) in [6.07, 6.45) is 9.88. The maximum atomic E-state index is 3.99. The first kappa shape index (κ1) is 12.9. The van der Waals surface area contributed by atoms with Crippen LogP contribution in [0.5, 0.6) is 0 Å². The zero-order valence-corrected chi connectivity index (χ0v) is 12.6. The van der Waals surface area contributed by atoms with Crippen LogP contribution in [0, 0.1) is 17.8 Å². The molecule has 108 valence electrons. The number of hydrogen-bond donors (Lipinski definition) is 1. The van der Waals surface area contributed by atoms with E-state index in [-0.39, 0.29) is 0 Å². The maximum absolute atomic E-state index is 3.99. The molecule has 0 radical (unpaired) electrons. The topological polar surface area (TPSA) is 12.0 Å². The molecule has 1 aromatic carbocycles. The average molecular weight is 269 g/mol. The fraction of sp³-hybridized carbons (Fsp3) is 0.684. The third-order valence-electron chi connectivity index (χ3n) is 6.28. The summed E-state index contributed by atoms with van der Waals surface area (Å²) in [7, 11) is 0. The van der Waals surface area contributed by atoms with E-state index >= 15 is 0 Å². The van der Waals surface area contributed by atoms with Crippen molar-refractivity contribution in [3.8, 4) is 0 Å². The van der Waals surface area contributed by atoms with Crippen LogP contribution >= 0.6 is 0 Å². The van der Waals surface area contributed by atoms with E-state index in [1.165, 1.54) is 44.9 Å². The molecule has 20 heavy (non-hydrogen) atoms. The third kappa shape index (κ3) is 2.30. The highest BCUT2D eigenvalue weighted by molar-refractivity contribution is 5.30. The normalized spacial score (nSPS) is 36.9. The number of benzene rings is 1. The molecule has 3 aliphatic carbocycles. The van der Waals surface area contributed by atoms with Crippen molar-refractivity contribution >= 4 is 0 Å². The Morgan fingerprint density at radius 3 is 2.65 bits per heavy atom. The van der Waals surface area contributed by atoms with E-state index in [4.69, 9.17) is 0 Å². The Kier molecular flexibility index (Phi) is 3.34. The van der Waals surface area contributed by atoms with Crippen LogP contribution in [0.4, 0.5) is 0 Å². The molecule has 0 spiro atoms. The van der Waals surface area contributed by atoms with Crippen LogP contribution < -0.4 is 5.32 Å². The highest BCUT2D eigenvalue weighted by Crippen LogP contribution is 2.49. The van der Waals surface area contributed by atoms with Crippen molar-refractivity contribution in [2.45, 2.75) is 64.0 Å². The number of nitrogens with one attached hydrogen (secondary N) is 1. The van der Waals surface area contributed by atoms with Crippen LogP contribution in [-0.4, -0.2) is 12.1 Å².